The molecule has 0 saturated carbocycles. The monoisotopic (exact) mass is 399 g/mol. The maximum atomic E-state index is 13.0. The van der Waals surface area contributed by atoms with Crippen LogP contribution in [0.5, 0.6) is 0 Å². The van der Waals surface area contributed by atoms with E-state index in [1.165, 1.54) is 0 Å². The predicted molar refractivity (Wildman–Crippen MR) is 114 cm³/mol. The molecule has 0 spiro atoms. The average molecular weight is 399 g/mol. The zero-order valence-corrected chi connectivity index (χ0v) is 16.5. The van der Waals surface area contributed by atoms with Crippen molar-refractivity contribution in [3.63, 3.8) is 0 Å². The molecule has 0 N–H and O–H groups in total. The van der Waals surface area contributed by atoms with Crippen molar-refractivity contribution >= 4 is 11.8 Å². The number of Topliss-reactive ketones (excluding diaryl/α,β-unsaturated/α-hetero) is 1. The largest absolute Gasteiger partial charge is 0.452 e. The molecule has 3 aromatic carbocycles. The van der Waals surface area contributed by atoms with Gasteiger partial charge in [-0.25, -0.2) is 0 Å². The lowest BCUT2D eigenvalue weighted by Gasteiger charge is -2.21. The Labute approximate surface area is 174 Å². The molecule has 0 fully saturated rings. The summed E-state index contributed by atoms with van der Waals surface area (Å²) in [7, 11) is 0. The number of ether oxygens (including phenoxy) is 1. The van der Waals surface area contributed by atoms with Gasteiger partial charge in [0, 0.05) is 10.5 Å². The number of benzene rings is 3. The van der Waals surface area contributed by atoms with E-state index < -0.39 is 18.0 Å². The van der Waals surface area contributed by atoms with Crippen LogP contribution in [-0.2, 0) is 9.53 Å². The minimum atomic E-state index is -0.577. The van der Waals surface area contributed by atoms with Gasteiger partial charge in [0.1, 0.15) is 0 Å². The molecule has 0 amide bonds. The molecule has 0 aliphatic heterocycles. The number of nitrogens with zero attached hydrogens (tertiary/aromatic N) is 3. The molecule has 0 aromatic heterocycles. The number of hydrogen-bond acceptors (Lipinski definition) is 4. The summed E-state index contributed by atoms with van der Waals surface area (Å²) in [4.78, 5) is 27.7. The van der Waals surface area contributed by atoms with Gasteiger partial charge in [0.25, 0.3) is 0 Å². The standard InChI is InChI=1S/C24H21N3O3/c1-17(20-13-8-14-21(15-20)22(28)16-26-27-25)24(29)30-23(18-9-4-2-5-10-18)19-11-6-3-7-12-19/h2-15,17,23H,16H2,1H3. The van der Waals surface area contributed by atoms with Crippen LogP contribution < -0.4 is 0 Å². The molecule has 0 bridgehead atoms. The quantitative estimate of drug-likeness (QED) is 0.162. The second-order valence-corrected chi connectivity index (χ2v) is 6.80. The smallest absolute Gasteiger partial charge is 0.314 e. The second kappa shape index (κ2) is 10.0. The van der Waals surface area contributed by atoms with E-state index in [2.05, 4.69) is 10.0 Å². The first-order valence-electron chi connectivity index (χ1n) is 9.54. The third kappa shape index (κ3) is 5.13. The van der Waals surface area contributed by atoms with Crippen molar-refractivity contribution in [3.05, 3.63) is 118 Å². The summed E-state index contributed by atoms with van der Waals surface area (Å²) in [5.41, 5.74) is 11.2. The lowest BCUT2D eigenvalue weighted by molar-refractivity contribution is -0.149. The Bertz CT molecular complexity index is 1020. The maximum Gasteiger partial charge on any atom is 0.314 e. The highest BCUT2D eigenvalue weighted by molar-refractivity contribution is 5.98. The minimum absolute atomic E-state index is 0.261. The van der Waals surface area contributed by atoms with E-state index in [0.29, 0.717) is 11.1 Å². The van der Waals surface area contributed by atoms with E-state index in [4.69, 9.17) is 10.3 Å². The van der Waals surface area contributed by atoms with Gasteiger partial charge in [-0.1, -0.05) is 84.0 Å². The Kier molecular flexibility index (Phi) is 6.98. The maximum absolute atomic E-state index is 13.0. The van der Waals surface area contributed by atoms with Crippen molar-refractivity contribution < 1.29 is 14.3 Å². The van der Waals surface area contributed by atoms with Crippen LogP contribution in [-0.4, -0.2) is 18.3 Å². The van der Waals surface area contributed by atoms with Crippen LogP contribution in [0.1, 0.15) is 46.0 Å². The SMILES string of the molecule is CC(C(=O)OC(c1ccccc1)c1ccccc1)c1cccc(C(=O)CN=[N+]=[N-])c1. The number of ketones is 1. The van der Waals surface area contributed by atoms with E-state index in [0.717, 1.165) is 11.1 Å². The van der Waals surface area contributed by atoms with Crippen LogP contribution in [0.3, 0.4) is 0 Å². The predicted octanol–water partition coefficient (Wildman–Crippen LogP) is 5.62. The molecule has 0 aliphatic carbocycles. The highest BCUT2D eigenvalue weighted by Gasteiger charge is 2.24. The number of rotatable bonds is 8. The van der Waals surface area contributed by atoms with Crippen molar-refractivity contribution in [1.82, 2.24) is 0 Å². The summed E-state index contributed by atoms with van der Waals surface area (Å²) >= 11 is 0. The van der Waals surface area contributed by atoms with Crippen LogP contribution in [0, 0.1) is 0 Å². The van der Waals surface area contributed by atoms with Gasteiger partial charge < -0.3 is 4.74 Å². The Balaban J connectivity index is 1.82. The molecule has 3 rings (SSSR count). The summed E-state index contributed by atoms with van der Waals surface area (Å²) in [5.74, 6) is -1.28. The Morgan fingerprint density at radius 3 is 2.03 bits per heavy atom. The fourth-order valence-corrected chi connectivity index (χ4v) is 3.11. The Morgan fingerprint density at radius 2 is 1.47 bits per heavy atom. The fraction of sp³-hybridized carbons (Fsp3) is 0.167. The van der Waals surface area contributed by atoms with Crippen LogP contribution in [0.15, 0.2) is 90.0 Å². The van der Waals surface area contributed by atoms with E-state index in [-0.39, 0.29) is 12.3 Å². The number of hydrogen-bond donors (Lipinski definition) is 0. The van der Waals surface area contributed by atoms with Gasteiger partial charge in [-0.3, -0.25) is 9.59 Å². The highest BCUT2D eigenvalue weighted by atomic mass is 16.5. The van der Waals surface area contributed by atoms with E-state index in [1.54, 1.807) is 31.2 Å². The minimum Gasteiger partial charge on any atom is -0.452 e. The van der Waals surface area contributed by atoms with Crippen LogP contribution in [0.25, 0.3) is 10.4 Å². The molecule has 3 aromatic rings. The van der Waals surface area contributed by atoms with Gasteiger partial charge in [0.15, 0.2) is 11.9 Å². The Hall–Kier alpha value is -3.89. The molecule has 1 unspecified atom stereocenters. The topological polar surface area (TPSA) is 92.1 Å². The zero-order chi connectivity index (χ0) is 21.3. The molecule has 0 radical (unpaired) electrons. The third-order valence-electron chi connectivity index (χ3n) is 4.78. The van der Waals surface area contributed by atoms with Crippen molar-refractivity contribution in [2.24, 2.45) is 5.11 Å². The third-order valence-corrected chi connectivity index (χ3v) is 4.78. The number of esters is 1. The fourth-order valence-electron chi connectivity index (χ4n) is 3.11. The lowest BCUT2D eigenvalue weighted by atomic mass is 9.97. The molecule has 6 heteroatoms. The van der Waals surface area contributed by atoms with E-state index >= 15 is 0 Å². The van der Waals surface area contributed by atoms with Gasteiger partial charge in [-0.2, -0.15) is 0 Å². The van der Waals surface area contributed by atoms with Gasteiger partial charge in [-0.05, 0) is 35.2 Å². The van der Waals surface area contributed by atoms with Crippen molar-refractivity contribution in [2.45, 2.75) is 18.9 Å². The molecule has 0 heterocycles. The van der Waals surface area contributed by atoms with Crippen LogP contribution >= 0.6 is 0 Å². The lowest BCUT2D eigenvalue weighted by Crippen LogP contribution is -2.18. The molecule has 150 valence electrons. The number of azide groups is 1. The summed E-state index contributed by atoms with van der Waals surface area (Å²) < 4.78 is 5.91. The molecule has 0 aliphatic rings. The first-order chi connectivity index (χ1) is 14.6. The van der Waals surface area contributed by atoms with Crippen LogP contribution in [0.2, 0.25) is 0 Å². The van der Waals surface area contributed by atoms with Crippen molar-refractivity contribution in [3.8, 4) is 0 Å². The first-order valence-corrected chi connectivity index (χ1v) is 9.54. The highest BCUT2D eigenvalue weighted by Crippen LogP contribution is 2.29. The summed E-state index contributed by atoms with van der Waals surface area (Å²) in [6.45, 7) is 1.48. The van der Waals surface area contributed by atoms with Gasteiger partial charge in [-0.15, -0.1) is 0 Å². The molecular weight excluding hydrogens is 378 g/mol. The second-order valence-electron chi connectivity index (χ2n) is 6.80. The van der Waals surface area contributed by atoms with Crippen molar-refractivity contribution in [2.75, 3.05) is 6.54 Å². The summed E-state index contributed by atoms with van der Waals surface area (Å²) in [6.07, 6.45) is -0.530. The van der Waals surface area contributed by atoms with Crippen molar-refractivity contribution in [1.29, 1.82) is 0 Å². The molecule has 6 nitrogen and oxygen atoms in total. The van der Waals surface area contributed by atoms with Gasteiger partial charge in [0.2, 0.25) is 0 Å². The molecule has 0 saturated heterocycles. The molecular formula is C24H21N3O3. The zero-order valence-electron chi connectivity index (χ0n) is 16.5. The summed E-state index contributed by atoms with van der Waals surface area (Å²) in [6, 6.07) is 25.9. The van der Waals surface area contributed by atoms with E-state index in [9.17, 15) is 9.59 Å². The molecule has 30 heavy (non-hydrogen) atoms. The normalized spacial score (nSPS) is 11.4. The summed E-state index contributed by atoms with van der Waals surface area (Å²) in [5, 5.41) is 3.30. The molecule has 1 atom stereocenters. The van der Waals surface area contributed by atoms with E-state index in [1.807, 2.05) is 60.7 Å². The Morgan fingerprint density at radius 1 is 0.900 bits per heavy atom. The van der Waals surface area contributed by atoms with Crippen LogP contribution in [0.4, 0.5) is 0 Å². The van der Waals surface area contributed by atoms with Gasteiger partial charge in [0.05, 0.1) is 12.5 Å². The van der Waals surface area contributed by atoms with Gasteiger partial charge >= 0.3 is 5.97 Å². The first kappa shape index (κ1) is 20.8. The average Bonchev–Trinajstić information content (AvgIpc) is 2.81. The number of carbonyl (C=O) groups excluding carboxylic acids is 2. The number of carbonyl (C=O) groups is 2.